The van der Waals surface area contributed by atoms with E-state index in [-0.39, 0.29) is 5.91 Å². The van der Waals surface area contributed by atoms with E-state index in [0.717, 1.165) is 28.5 Å². The molecule has 3 nitrogen and oxygen atoms in total. The molecule has 0 unspecified atom stereocenters. The summed E-state index contributed by atoms with van der Waals surface area (Å²) in [7, 11) is 0. The Labute approximate surface area is 146 Å². The van der Waals surface area contributed by atoms with Crippen LogP contribution in [0.1, 0.15) is 42.1 Å². The van der Waals surface area contributed by atoms with Crippen LogP contribution in [0.25, 0.3) is 0 Å². The molecule has 1 aromatic carbocycles. The molecule has 0 saturated carbocycles. The molecule has 2 rings (SSSR count). The van der Waals surface area contributed by atoms with Crippen molar-refractivity contribution in [3.8, 4) is 0 Å². The first-order valence-electron chi connectivity index (χ1n) is 7.74. The number of rotatable bonds is 8. The molecule has 2 aromatic rings. The molecule has 0 aliphatic rings. The number of furan rings is 1. The highest BCUT2D eigenvalue weighted by Crippen LogP contribution is 2.24. The SMILES string of the molecule is CC(C)CCNC(=O)c1ccc(CSCc2ccccc2Cl)o1. The van der Waals surface area contributed by atoms with Gasteiger partial charge in [0.1, 0.15) is 5.76 Å². The molecule has 0 radical (unpaired) electrons. The predicted molar refractivity (Wildman–Crippen MR) is 96.9 cm³/mol. The lowest BCUT2D eigenvalue weighted by Crippen LogP contribution is -2.24. The second kappa shape index (κ2) is 9.04. The van der Waals surface area contributed by atoms with Gasteiger partial charge in [-0.2, -0.15) is 0 Å². The third-order valence-electron chi connectivity index (χ3n) is 3.35. The number of nitrogens with one attached hydrogen (secondary N) is 1. The fourth-order valence-electron chi connectivity index (χ4n) is 2.02. The molecular formula is C18H22ClNO2S. The topological polar surface area (TPSA) is 42.2 Å². The van der Waals surface area contributed by atoms with Crippen molar-refractivity contribution in [3.63, 3.8) is 0 Å². The van der Waals surface area contributed by atoms with Gasteiger partial charge in [0.25, 0.3) is 5.91 Å². The van der Waals surface area contributed by atoms with Crippen LogP contribution in [-0.2, 0) is 11.5 Å². The maximum absolute atomic E-state index is 12.0. The number of halogens is 1. The molecule has 0 bridgehead atoms. The highest BCUT2D eigenvalue weighted by Gasteiger charge is 2.11. The van der Waals surface area contributed by atoms with Gasteiger partial charge in [0.2, 0.25) is 0 Å². The molecular weight excluding hydrogens is 330 g/mol. The monoisotopic (exact) mass is 351 g/mol. The smallest absolute Gasteiger partial charge is 0.286 e. The summed E-state index contributed by atoms with van der Waals surface area (Å²) in [6.07, 6.45) is 0.965. The van der Waals surface area contributed by atoms with Crippen molar-refractivity contribution >= 4 is 29.3 Å². The number of hydrogen-bond donors (Lipinski definition) is 1. The van der Waals surface area contributed by atoms with Gasteiger partial charge in [-0.25, -0.2) is 0 Å². The summed E-state index contributed by atoms with van der Waals surface area (Å²) in [4.78, 5) is 12.0. The molecule has 1 aromatic heterocycles. The van der Waals surface area contributed by atoms with Crippen molar-refractivity contribution in [1.29, 1.82) is 0 Å². The van der Waals surface area contributed by atoms with Crippen LogP contribution in [0.3, 0.4) is 0 Å². The minimum atomic E-state index is -0.145. The maximum Gasteiger partial charge on any atom is 0.286 e. The zero-order chi connectivity index (χ0) is 16.7. The first-order valence-corrected chi connectivity index (χ1v) is 9.27. The molecule has 0 atom stereocenters. The van der Waals surface area contributed by atoms with Crippen LogP contribution in [0.5, 0.6) is 0 Å². The van der Waals surface area contributed by atoms with Crippen molar-refractivity contribution in [2.24, 2.45) is 5.92 Å². The standard InChI is InChI=1S/C18H22ClNO2S/c1-13(2)9-10-20-18(21)17-8-7-15(22-17)12-23-11-14-5-3-4-6-16(14)19/h3-8,13H,9-12H2,1-2H3,(H,20,21). The Morgan fingerprint density at radius 1 is 1.22 bits per heavy atom. The normalized spacial score (nSPS) is 11.0. The van der Waals surface area contributed by atoms with E-state index in [1.54, 1.807) is 17.8 Å². The quantitative estimate of drug-likeness (QED) is 0.715. The Bertz CT molecular complexity index is 639. The van der Waals surface area contributed by atoms with E-state index in [9.17, 15) is 4.79 Å². The molecule has 0 aliphatic carbocycles. The number of benzene rings is 1. The summed E-state index contributed by atoms with van der Waals surface area (Å²) >= 11 is 7.84. The number of carbonyl (C=O) groups excluding carboxylic acids is 1. The molecule has 1 amide bonds. The third kappa shape index (κ3) is 5.96. The van der Waals surface area contributed by atoms with Crippen molar-refractivity contribution in [3.05, 3.63) is 58.5 Å². The molecule has 23 heavy (non-hydrogen) atoms. The first kappa shape index (κ1) is 18.0. The van der Waals surface area contributed by atoms with Gasteiger partial charge < -0.3 is 9.73 Å². The molecule has 5 heteroatoms. The Kier molecular flexibility index (Phi) is 7.06. The molecule has 0 saturated heterocycles. The molecule has 124 valence electrons. The van der Waals surface area contributed by atoms with Gasteiger partial charge in [-0.3, -0.25) is 4.79 Å². The lowest BCUT2D eigenvalue weighted by molar-refractivity contribution is 0.0923. The lowest BCUT2D eigenvalue weighted by atomic mass is 10.1. The van der Waals surface area contributed by atoms with Gasteiger partial charge in [-0.05, 0) is 36.1 Å². The zero-order valence-corrected chi connectivity index (χ0v) is 15.0. The summed E-state index contributed by atoms with van der Waals surface area (Å²) in [5.41, 5.74) is 1.11. The van der Waals surface area contributed by atoms with Crippen LogP contribution < -0.4 is 5.32 Å². The fourth-order valence-corrected chi connectivity index (χ4v) is 3.23. The molecule has 0 aliphatic heterocycles. The second-order valence-electron chi connectivity index (χ2n) is 5.79. The van der Waals surface area contributed by atoms with E-state index >= 15 is 0 Å². The Morgan fingerprint density at radius 2 is 2.00 bits per heavy atom. The van der Waals surface area contributed by atoms with Gasteiger partial charge in [0.05, 0.1) is 5.75 Å². The van der Waals surface area contributed by atoms with Crippen LogP contribution >= 0.6 is 23.4 Å². The van der Waals surface area contributed by atoms with Gasteiger partial charge in [0.15, 0.2) is 5.76 Å². The molecule has 0 fully saturated rings. The van der Waals surface area contributed by atoms with Gasteiger partial charge >= 0.3 is 0 Å². The Morgan fingerprint density at radius 3 is 2.74 bits per heavy atom. The lowest BCUT2D eigenvalue weighted by Gasteiger charge is -2.05. The predicted octanol–water partition coefficient (Wildman–Crippen LogP) is 5.14. The third-order valence-corrected chi connectivity index (χ3v) is 4.72. The maximum atomic E-state index is 12.0. The van der Waals surface area contributed by atoms with Gasteiger partial charge in [-0.1, -0.05) is 43.6 Å². The van der Waals surface area contributed by atoms with Gasteiger partial charge in [0, 0.05) is 17.3 Å². The summed E-state index contributed by atoms with van der Waals surface area (Å²) in [6.45, 7) is 4.94. The summed E-state index contributed by atoms with van der Waals surface area (Å²) < 4.78 is 5.61. The van der Waals surface area contributed by atoms with E-state index < -0.39 is 0 Å². The number of thioether (sulfide) groups is 1. The van der Waals surface area contributed by atoms with E-state index in [1.165, 1.54) is 0 Å². The number of hydrogen-bond acceptors (Lipinski definition) is 3. The number of carbonyl (C=O) groups is 1. The Hall–Kier alpha value is -1.39. The molecule has 1 N–H and O–H groups in total. The van der Waals surface area contributed by atoms with Gasteiger partial charge in [-0.15, -0.1) is 11.8 Å². The van der Waals surface area contributed by atoms with Crippen molar-refractivity contribution in [1.82, 2.24) is 5.32 Å². The largest absolute Gasteiger partial charge is 0.455 e. The molecule has 0 spiro atoms. The highest BCUT2D eigenvalue weighted by atomic mass is 35.5. The van der Waals surface area contributed by atoms with Crippen molar-refractivity contribution < 1.29 is 9.21 Å². The minimum Gasteiger partial charge on any atom is -0.455 e. The fraction of sp³-hybridized carbons (Fsp3) is 0.389. The highest BCUT2D eigenvalue weighted by molar-refractivity contribution is 7.97. The molecule has 1 heterocycles. The van der Waals surface area contributed by atoms with E-state index in [4.69, 9.17) is 16.0 Å². The zero-order valence-electron chi connectivity index (χ0n) is 13.5. The first-order chi connectivity index (χ1) is 11.1. The summed E-state index contributed by atoms with van der Waals surface area (Å²) in [6, 6.07) is 11.4. The van der Waals surface area contributed by atoms with Crippen LogP contribution in [0, 0.1) is 5.92 Å². The van der Waals surface area contributed by atoms with Crippen LogP contribution in [0.2, 0.25) is 5.02 Å². The average molecular weight is 352 g/mol. The van der Waals surface area contributed by atoms with Crippen LogP contribution in [0.15, 0.2) is 40.8 Å². The van der Waals surface area contributed by atoms with E-state index in [2.05, 4.69) is 19.2 Å². The van der Waals surface area contributed by atoms with Crippen molar-refractivity contribution in [2.45, 2.75) is 31.8 Å². The van der Waals surface area contributed by atoms with Crippen molar-refractivity contribution in [2.75, 3.05) is 6.54 Å². The van der Waals surface area contributed by atoms with E-state index in [0.29, 0.717) is 24.0 Å². The van der Waals surface area contributed by atoms with Crippen LogP contribution in [-0.4, -0.2) is 12.5 Å². The average Bonchev–Trinajstić information content (AvgIpc) is 2.98. The number of amides is 1. The summed E-state index contributed by atoms with van der Waals surface area (Å²) in [5.74, 6) is 3.13. The summed E-state index contributed by atoms with van der Waals surface area (Å²) in [5, 5.41) is 3.66. The second-order valence-corrected chi connectivity index (χ2v) is 7.18. The van der Waals surface area contributed by atoms with E-state index in [1.807, 2.05) is 30.3 Å². The minimum absolute atomic E-state index is 0.145. The Balaban J connectivity index is 1.78. The van der Waals surface area contributed by atoms with Crippen LogP contribution in [0.4, 0.5) is 0 Å².